The van der Waals surface area contributed by atoms with Crippen molar-refractivity contribution in [2.75, 3.05) is 5.43 Å². The second kappa shape index (κ2) is 6.99. The lowest BCUT2D eigenvalue weighted by Gasteiger charge is -2.16. The molecule has 0 aliphatic rings. The average Bonchev–Trinajstić information content (AvgIpc) is 3.10. The number of hydrogen-bond acceptors (Lipinski definition) is 5. The fraction of sp³-hybridized carbons (Fsp3) is 0.375. The molecule has 3 heterocycles. The molecule has 0 saturated carbocycles. The van der Waals surface area contributed by atoms with Crippen molar-refractivity contribution in [3.63, 3.8) is 0 Å². The molecule has 1 N–H and O–H groups in total. The highest BCUT2D eigenvalue weighted by Crippen LogP contribution is 2.36. The largest absolute Gasteiger partial charge is 0.436 e. The maximum Gasteiger partial charge on any atom is 0.436 e. The zero-order valence-corrected chi connectivity index (χ0v) is 17.6. The fourth-order valence-corrected chi connectivity index (χ4v) is 4.11. The van der Waals surface area contributed by atoms with Gasteiger partial charge >= 0.3 is 6.18 Å². The first-order chi connectivity index (χ1) is 12.9. The molecule has 150 valence electrons. The van der Waals surface area contributed by atoms with Crippen molar-refractivity contribution in [2.45, 2.75) is 39.9 Å². The molecule has 3 rings (SSSR count). The third-order valence-corrected chi connectivity index (χ3v) is 6.06. The van der Waals surface area contributed by atoms with Gasteiger partial charge in [-0.05, 0) is 49.7 Å². The molecule has 0 saturated heterocycles. The van der Waals surface area contributed by atoms with Crippen molar-refractivity contribution in [2.24, 2.45) is 0 Å². The number of hydrogen-bond donors (Lipinski definition) is 1. The van der Waals surface area contributed by atoms with Gasteiger partial charge in [-0.1, -0.05) is 0 Å². The van der Waals surface area contributed by atoms with Gasteiger partial charge in [0.15, 0.2) is 5.69 Å². The molecule has 3 aromatic heterocycles. The summed E-state index contributed by atoms with van der Waals surface area (Å²) in [6.07, 6.45) is -4.66. The Labute approximate surface area is 169 Å². The van der Waals surface area contributed by atoms with Crippen molar-refractivity contribution in [1.29, 1.82) is 0 Å². The minimum absolute atomic E-state index is 0.140. The smallest absolute Gasteiger partial charge is 0.271 e. The van der Waals surface area contributed by atoms with Crippen molar-refractivity contribution < 1.29 is 18.0 Å². The molecule has 0 fully saturated rings. The van der Waals surface area contributed by atoms with Gasteiger partial charge in [0, 0.05) is 4.88 Å². The van der Waals surface area contributed by atoms with Crippen molar-refractivity contribution in [1.82, 2.24) is 19.4 Å². The number of thiophene rings is 1. The topological polar surface area (TPSA) is 81.8 Å². The lowest BCUT2D eigenvalue weighted by Crippen LogP contribution is -2.38. The predicted molar refractivity (Wildman–Crippen MR) is 102 cm³/mol. The Morgan fingerprint density at radius 3 is 2.54 bits per heavy atom. The van der Waals surface area contributed by atoms with E-state index in [4.69, 9.17) is 0 Å². The number of fused-ring (bicyclic) bond motifs is 1. The molecule has 0 aliphatic heterocycles. The van der Waals surface area contributed by atoms with Crippen LogP contribution in [0.15, 0.2) is 15.3 Å². The van der Waals surface area contributed by atoms with Crippen LogP contribution in [0.2, 0.25) is 0 Å². The van der Waals surface area contributed by atoms with Crippen molar-refractivity contribution >= 4 is 43.4 Å². The molecule has 0 radical (unpaired) electrons. The first-order valence-electron chi connectivity index (χ1n) is 8.04. The maximum absolute atomic E-state index is 13.1. The van der Waals surface area contributed by atoms with Gasteiger partial charge in [0.05, 0.1) is 15.6 Å². The number of carbonyl (C=O) groups is 1. The first kappa shape index (κ1) is 20.5. The van der Waals surface area contributed by atoms with Crippen LogP contribution >= 0.6 is 27.3 Å². The Morgan fingerprint density at radius 1 is 1.32 bits per heavy atom. The highest BCUT2D eigenvalue weighted by Gasteiger charge is 2.39. The molecule has 28 heavy (non-hydrogen) atoms. The average molecular weight is 478 g/mol. The van der Waals surface area contributed by atoms with E-state index >= 15 is 0 Å². The van der Waals surface area contributed by atoms with E-state index in [1.807, 2.05) is 6.92 Å². The third-order valence-electron chi connectivity index (χ3n) is 4.17. The van der Waals surface area contributed by atoms with Crippen molar-refractivity contribution in [3.8, 4) is 0 Å². The molecule has 1 amide bonds. The highest BCUT2D eigenvalue weighted by atomic mass is 79.9. The summed E-state index contributed by atoms with van der Waals surface area (Å²) in [5, 5.41) is 3.88. The Hall–Kier alpha value is -2.21. The summed E-state index contributed by atoms with van der Waals surface area (Å²) in [6, 6.07) is 0.573. The third kappa shape index (κ3) is 3.46. The maximum atomic E-state index is 13.1. The number of carbonyl (C=O) groups excluding carboxylic acids is 1. The number of amides is 1. The zero-order valence-electron chi connectivity index (χ0n) is 15.2. The van der Waals surface area contributed by atoms with Crippen LogP contribution < -0.4 is 11.0 Å². The molecular weight excluding hydrogens is 463 g/mol. The van der Waals surface area contributed by atoms with E-state index in [1.54, 1.807) is 13.0 Å². The van der Waals surface area contributed by atoms with Gasteiger partial charge in [-0.3, -0.25) is 19.7 Å². The first-order valence-corrected chi connectivity index (χ1v) is 9.65. The SMILES string of the molecule is Cc1cc2c(=O)n(NC(=O)[C@H](C)n3nc(C(F)(F)F)c(Br)c3C)c(C)nc2s1. The molecular formula is C16H15BrF3N5O2S. The van der Waals surface area contributed by atoms with Crippen LogP contribution in [-0.2, 0) is 11.0 Å². The molecule has 0 aliphatic carbocycles. The monoisotopic (exact) mass is 477 g/mol. The van der Waals surface area contributed by atoms with Crippen LogP contribution in [0.5, 0.6) is 0 Å². The fourth-order valence-electron chi connectivity index (χ4n) is 2.71. The Balaban J connectivity index is 1.96. The Bertz CT molecular complexity index is 1150. The molecule has 3 aromatic rings. The van der Waals surface area contributed by atoms with Gasteiger partial charge in [-0.25, -0.2) is 9.66 Å². The van der Waals surface area contributed by atoms with Gasteiger partial charge in [-0.2, -0.15) is 18.3 Å². The Morgan fingerprint density at radius 2 is 1.96 bits per heavy atom. The van der Waals surface area contributed by atoms with Crippen LogP contribution in [0.4, 0.5) is 13.2 Å². The predicted octanol–water partition coefficient (Wildman–Crippen LogP) is 3.69. The van der Waals surface area contributed by atoms with E-state index in [9.17, 15) is 22.8 Å². The summed E-state index contributed by atoms with van der Waals surface area (Å²) < 4.78 is 40.9. The number of alkyl halides is 3. The van der Waals surface area contributed by atoms with Crippen LogP contribution in [0.1, 0.15) is 35.1 Å². The van der Waals surface area contributed by atoms with Crippen LogP contribution in [0.25, 0.3) is 10.2 Å². The van der Waals surface area contributed by atoms with E-state index in [2.05, 4.69) is 31.4 Å². The molecule has 0 aromatic carbocycles. The number of nitrogens with zero attached hydrogens (tertiary/aromatic N) is 4. The number of rotatable bonds is 3. The van der Waals surface area contributed by atoms with Crippen LogP contribution in [0.3, 0.4) is 0 Å². The Kier molecular flexibility index (Phi) is 5.13. The lowest BCUT2D eigenvalue weighted by atomic mass is 10.3. The van der Waals surface area contributed by atoms with Gasteiger partial charge in [0.25, 0.3) is 11.5 Å². The zero-order chi connectivity index (χ0) is 21.0. The van der Waals surface area contributed by atoms with Crippen LogP contribution in [-0.4, -0.2) is 25.3 Å². The minimum Gasteiger partial charge on any atom is -0.271 e. The summed E-state index contributed by atoms with van der Waals surface area (Å²) in [4.78, 5) is 31.0. The number of aromatic nitrogens is 4. The lowest BCUT2D eigenvalue weighted by molar-refractivity contribution is -0.142. The van der Waals surface area contributed by atoms with Gasteiger partial charge in [0.1, 0.15) is 16.7 Å². The second-order valence-electron chi connectivity index (χ2n) is 6.22. The highest BCUT2D eigenvalue weighted by molar-refractivity contribution is 9.10. The van der Waals surface area contributed by atoms with Gasteiger partial charge in [0.2, 0.25) is 0 Å². The van der Waals surface area contributed by atoms with Crippen LogP contribution in [0, 0.1) is 20.8 Å². The van der Waals surface area contributed by atoms with E-state index in [1.165, 1.54) is 25.2 Å². The summed E-state index contributed by atoms with van der Waals surface area (Å²) in [5.41, 5.74) is 0.990. The quantitative estimate of drug-likeness (QED) is 0.623. The van der Waals surface area contributed by atoms with E-state index < -0.39 is 29.4 Å². The summed E-state index contributed by atoms with van der Waals surface area (Å²) in [5.74, 6) is -0.445. The van der Waals surface area contributed by atoms with Gasteiger partial charge < -0.3 is 0 Å². The summed E-state index contributed by atoms with van der Waals surface area (Å²) in [6.45, 7) is 6.19. The van der Waals surface area contributed by atoms with E-state index in [-0.39, 0.29) is 16.0 Å². The molecule has 0 unspecified atom stereocenters. The van der Waals surface area contributed by atoms with E-state index in [0.29, 0.717) is 10.2 Å². The van der Waals surface area contributed by atoms with Crippen molar-refractivity contribution in [3.05, 3.63) is 43.0 Å². The van der Waals surface area contributed by atoms with Gasteiger partial charge in [-0.15, -0.1) is 11.3 Å². The number of aryl methyl sites for hydroxylation is 2. The molecule has 0 bridgehead atoms. The summed E-state index contributed by atoms with van der Waals surface area (Å²) >= 11 is 4.23. The number of nitrogens with one attached hydrogen (secondary N) is 1. The standard InChI is InChI=1S/C16H15BrF3N5O2S/c1-6-5-10-14(28-6)21-9(4)25(15(10)27)23-13(26)8(3)24-7(2)11(17)12(22-24)16(18,19)20/h5,8H,1-4H3,(H,23,26)/t8-/m0/s1. The summed E-state index contributed by atoms with van der Waals surface area (Å²) in [7, 11) is 0. The van der Waals surface area contributed by atoms with E-state index in [0.717, 1.165) is 14.2 Å². The number of halogens is 4. The minimum atomic E-state index is -4.66. The second-order valence-corrected chi connectivity index (χ2v) is 8.25. The molecule has 12 heteroatoms. The normalized spacial score (nSPS) is 13.1. The molecule has 7 nitrogen and oxygen atoms in total. The molecule has 1 atom stereocenters. The molecule has 0 spiro atoms.